The van der Waals surface area contributed by atoms with Crippen LogP contribution in [0.5, 0.6) is 0 Å². The van der Waals surface area contributed by atoms with Gasteiger partial charge in [0.2, 0.25) is 0 Å². The monoisotopic (exact) mass is 168 g/mol. The number of hydrogen-bond acceptors (Lipinski definition) is 1. The van der Waals surface area contributed by atoms with Crippen LogP contribution in [0.15, 0.2) is 23.8 Å². The Labute approximate surface area is 73.6 Å². The number of carboxylic acids is 1. The summed E-state index contributed by atoms with van der Waals surface area (Å²) >= 11 is 0. The molecule has 68 valence electrons. The van der Waals surface area contributed by atoms with E-state index in [-0.39, 0.29) is 5.92 Å². The lowest BCUT2D eigenvalue weighted by Crippen LogP contribution is -2.09. The van der Waals surface area contributed by atoms with Gasteiger partial charge in [-0.3, -0.25) is 4.79 Å². The van der Waals surface area contributed by atoms with E-state index in [0.717, 1.165) is 5.57 Å². The molecule has 0 aliphatic carbocycles. The first-order valence-corrected chi connectivity index (χ1v) is 4.09. The number of aliphatic carboxylic acids is 1. The second kappa shape index (κ2) is 5.58. The lowest BCUT2D eigenvalue weighted by molar-refractivity contribution is -0.141. The molecule has 0 heterocycles. The molecule has 0 aromatic heterocycles. The quantitative estimate of drug-likeness (QED) is 0.655. The van der Waals surface area contributed by atoms with Gasteiger partial charge < -0.3 is 5.11 Å². The summed E-state index contributed by atoms with van der Waals surface area (Å²) in [4.78, 5) is 10.5. The summed E-state index contributed by atoms with van der Waals surface area (Å²) in [5, 5.41) is 8.61. The van der Waals surface area contributed by atoms with Crippen LogP contribution in [-0.4, -0.2) is 11.1 Å². The summed E-state index contributed by atoms with van der Waals surface area (Å²) in [5.74, 6) is -1.02. The van der Waals surface area contributed by atoms with Gasteiger partial charge >= 0.3 is 5.97 Å². The Morgan fingerprint density at radius 1 is 1.58 bits per heavy atom. The number of hydrogen-bond donors (Lipinski definition) is 1. The molecule has 0 aliphatic heterocycles. The van der Waals surface area contributed by atoms with E-state index in [1.165, 1.54) is 0 Å². The van der Waals surface area contributed by atoms with Crippen molar-refractivity contribution in [2.24, 2.45) is 5.92 Å². The normalized spacial score (nSPS) is 15.1. The smallest absolute Gasteiger partial charge is 0.306 e. The zero-order valence-corrected chi connectivity index (χ0v) is 7.87. The molecule has 2 heteroatoms. The number of allylic oxidation sites excluding steroid dienone is 4. The minimum Gasteiger partial charge on any atom is -0.481 e. The lowest BCUT2D eigenvalue weighted by atomic mass is 10.0. The van der Waals surface area contributed by atoms with Crippen molar-refractivity contribution in [1.82, 2.24) is 0 Å². The number of carbonyl (C=O) groups is 1. The van der Waals surface area contributed by atoms with Gasteiger partial charge in [0.05, 0.1) is 5.92 Å². The van der Waals surface area contributed by atoms with Crippen molar-refractivity contribution in [3.05, 3.63) is 23.8 Å². The minimum absolute atomic E-state index is 0.286. The van der Waals surface area contributed by atoms with E-state index in [1.807, 2.05) is 32.1 Å². The van der Waals surface area contributed by atoms with Crippen LogP contribution in [0, 0.1) is 5.92 Å². The minimum atomic E-state index is -0.733. The molecule has 2 nitrogen and oxygen atoms in total. The van der Waals surface area contributed by atoms with E-state index >= 15 is 0 Å². The fraction of sp³-hybridized carbons (Fsp3) is 0.500. The second-order valence-electron chi connectivity index (χ2n) is 2.98. The van der Waals surface area contributed by atoms with Crippen LogP contribution >= 0.6 is 0 Å². The Kier molecular flexibility index (Phi) is 5.09. The number of carboxylic acid groups (broad SMARTS) is 1. The van der Waals surface area contributed by atoms with Gasteiger partial charge in [-0.05, 0) is 20.3 Å². The molecule has 0 aromatic rings. The molecule has 0 amide bonds. The Bertz CT molecular complexity index is 202. The van der Waals surface area contributed by atoms with Crippen LogP contribution in [-0.2, 0) is 4.79 Å². The molecule has 12 heavy (non-hydrogen) atoms. The molecule has 0 saturated heterocycles. The van der Waals surface area contributed by atoms with Crippen molar-refractivity contribution >= 4 is 5.97 Å². The van der Waals surface area contributed by atoms with Gasteiger partial charge in [0, 0.05) is 0 Å². The van der Waals surface area contributed by atoms with Crippen LogP contribution in [0.25, 0.3) is 0 Å². The van der Waals surface area contributed by atoms with Crippen LogP contribution in [0.1, 0.15) is 27.2 Å². The van der Waals surface area contributed by atoms with Gasteiger partial charge in [0.1, 0.15) is 0 Å². The highest BCUT2D eigenvalue weighted by Crippen LogP contribution is 2.10. The van der Waals surface area contributed by atoms with Gasteiger partial charge in [-0.1, -0.05) is 30.7 Å². The SMILES string of the molecule is C/C=C/C=C(\C)CC(C)C(=O)O. The zero-order chi connectivity index (χ0) is 9.56. The first kappa shape index (κ1) is 11.0. The first-order valence-electron chi connectivity index (χ1n) is 4.09. The average molecular weight is 168 g/mol. The van der Waals surface area contributed by atoms with E-state index in [4.69, 9.17) is 5.11 Å². The third-order valence-corrected chi connectivity index (χ3v) is 1.62. The molecule has 0 rings (SSSR count). The Morgan fingerprint density at radius 2 is 2.17 bits per heavy atom. The second-order valence-corrected chi connectivity index (χ2v) is 2.98. The molecule has 1 N–H and O–H groups in total. The molecule has 1 atom stereocenters. The molecule has 1 unspecified atom stereocenters. The van der Waals surface area contributed by atoms with Gasteiger partial charge in [0.15, 0.2) is 0 Å². The molecular weight excluding hydrogens is 152 g/mol. The Hall–Kier alpha value is -1.05. The van der Waals surface area contributed by atoms with Crippen LogP contribution < -0.4 is 0 Å². The molecule has 0 saturated carbocycles. The molecule has 0 fully saturated rings. The first-order chi connectivity index (χ1) is 5.57. The Morgan fingerprint density at radius 3 is 2.58 bits per heavy atom. The van der Waals surface area contributed by atoms with Crippen molar-refractivity contribution in [2.45, 2.75) is 27.2 Å². The van der Waals surface area contributed by atoms with Crippen molar-refractivity contribution in [1.29, 1.82) is 0 Å². The zero-order valence-electron chi connectivity index (χ0n) is 7.87. The highest BCUT2D eigenvalue weighted by Gasteiger charge is 2.10. The summed E-state index contributed by atoms with van der Waals surface area (Å²) in [6, 6.07) is 0. The highest BCUT2D eigenvalue weighted by atomic mass is 16.4. The van der Waals surface area contributed by atoms with E-state index in [9.17, 15) is 4.79 Å². The van der Waals surface area contributed by atoms with Gasteiger partial charge in [0.25, 0.3) is 0 Å². The summed E-state index contributed by atoms with van der Waals surface area (Å²) in [7, 11) is 0. The predicted octanol–water partition coefficient (Wildman–Crippen LogP) is 2.62. The maximum absolute atomic E-state index is 10.5. The molecule has 0 aliphatic rings. The lowest BCUT2D eigenvalue weighted by Gasteiger charge is -2.04. The van der Waals surface area contributed by atoms with E-state index < -0.39 is 5.97 Å². The van der Waals surface area contributed by atoms with E-state index in [1.54, 1.807) is 6.92 Å². The van der Waals surface area contributed by atoms with Crippen molar-refractivity contribution in [3.63, 3.8) is 0 Å². The molecular formula is C10H16O2. The Balaban J connectivity index is 3.99. The number of rotatable bonds is 4. The summed E-state index contributed by atoms with van der Waals surface area (Å²) in [6.45, 7) is 5.60. The van der Waals surface area contributed by atoms with Gasteiger partial charge in [-0.2, -0.15) is 0 Å². The van der Waals surface area contributed by atoms with Crippen molar-refractivity contribution < 1.29 is 9.90 Å². The van der Waals surface area contributed by atoms with Crippen molar-refractivity contribution in [3.8, 4) is 0 Å². The van der Waals surface area contributed by atoms with Gasteiger partial charge in [-0.15, -0.1) is 0 Å². The van der Waals surface area contributed by atoms with Gasteiger partial charge in [-0.25, -0.2) is 0 Å². The average Bonchev–Trinajstić information content (AvgIpc) is 2.00. The van der Waals surface area contributed by atoms with Crippen LogP contribution in [0.3, 0.4) is 0 Å². The largest absolute Gasteiger partial charge is 0.481 e. The predicted molar refractivity (Wildman–Crippen MR) is 50.0 cm³/mol. The van der Waals surface area contributed by atoms with Crippen molar-refractivity contribution in [2.75, 3.05) is 0 Å². The maximum atomic E-state index is 10.5. The topological polar surface area (TPSA) is 37.3 Å². The third kappa shape index (κ3) is 4.72. The van der Waals surface area contributed by atoms with E-state index in [2.05, 4.69) is 0 Å². The third-order valence-electron chi connectivity index (χ3n) is 1.62. The fourth-order valence-corrected chi connectivity index (χ4v) is 0.899. The highest BCUT2D eigenvalue weighted by molar-refractivity contribution is 5.69. The summed E-state index contributed by atoms with van der Waals surface area (Å²) < 4.78 is 0. The molecule has 0 spiro atoms. The summed E-state index contributed by atoms with van der Waals surface area (Å²) in [5.41, 5.74) is 1.10. The molecule has 0 radical (unpaired) electrons. The van der Waals surface area contributed by atoms with Crippen LogP contribution in [0.4, 0.5) is 0 Å². The van der Waals surface area contributed by atoms with E-state index in [0.29, 0.717) is 6.42 Å². The molecule has 0 bridgehead atoms. The summed E-state index contributed by atoms with van der Waals surface area (Å²) in [6.07, 6.45) is 6.41. The maximum Gasteiger partial charge on any atom is 0.306 e. The van der Waals surface area contributed by atoms with Crippen LogP contribution in [0.2, 0.25) is 0 Å². The molecule has 0 aromatic carbocycles. The standard InChI is InChI=1S/C10H16O2/c1-4-5-6-8(2)7-9(3)10(11)12/h4-6,9H,7H2,1-3H3,(H,11,12)/b5-4+,8-6+. The fourth-order valence-electron chi connectivity index (χ4n) is 0.899.